The molecule has 0 aromatic carbocycles. The second-order valence-corrected chi connectivity index (χ2v) is 9.98. The lowest BCUT2D eigenvalue weighted by Crippen LogP contribution is -2.50. The predicted octanol–water partition coefficient (Wildman–Crippen LogP) is 5.58. The Labute approximate surface area is 148 Å². The van der Waals surface area contributed by atoms with Gasteiger partial charge in [-0.3, -0.25) is 4.79 Å². The van der Waals surface area contributed by atoms with Gasteiger partial charge in [0.1, 0.15) is 12.1 Å². The SMILES string of the molecule is CC(C)(C)C1CCC(C(=O)C2(C=O)CCCC3CCCCC32)CC1. The Morgan fingerprint density at radius 3 is 2.17 bits per heavy atom. The molecular formula is C22H36O2. The summed E-state index contributed by atoms with van der Waals surface area (Å²) in [6.07, 6.45) is 13.4. The standard InChI is InChI=1S/C22H36O2/c1-21(2,3)18-12-10-17(11-13-18)20(24)22(15-23)14-6-8-16-7-4-5-9-19(16)22/h15-19H,4-14H2,1-3H3. The molecular weight excluding hydrogens is 296 g/mol. The first-order valence-corrected chi connectivity index (χ1v) is 10.4. The van der Waals surface area contributed by atoms with Crippen molar-refractivity contribution in [2.75, 3.05) is 0 Å². The van der Waals surface area contributed by atoms with Gasteiger partial charge in [0.25, 0.3) is 0 Å². The summed E-state index contributed by atoms with van der Waals surface area (Å²) in [6.45, 7) is 6.96. The maximum atomic E-state index is 13.5. The van der Waals surface area contributed by atoms with E-state index in [0.29, 0.717) is 23.0 Å². The second kappa shape index (κ2) is 6.92. The second-order valence-electron chi connectivity index (χ2n) is 9.98. The number of fused-ring (bicyclic) bond motifs is 1. The monoisotopic (exact) mass is 332 g/mol. The van der Waals surface area contributed by atoms with Crippen molar-refractivity contribution >= 4 is 12.1 Å². The summed E-state index contributed by atoms with van der Waals surface area (Å²) >= 11 is 0. The Balaban J connectivity index is 1.73. The summed E-state index contributed by atoms with van der Waals surface area (Å²) in [5.41, 5.74) is -0.280. The molecule has 0 heterocycles. The average Bonchev–Trinajstić information content (AvgIpc) is 2.60. The lowest BCUT2D eigenvalue weighted by Gasteiger charge is -2.48. The van der Waals surface area contributed by atoms with Crippen LogP contribution in [-0.4, -0.2) is 12.1 Å². The van der Waals surface area contributed by atoms with Crippen LogP contribution in [0.15, 0.2) is 0 Å². The highest BCUT2D eigenvalue weighted by Crippen LogP contribution is 2.53. The highest BCUT2D eigenvalue weighted by Gasteiger charge is 2.52. The van der Waals surface area contributed by atoms with Crippen molar-refractivity contribution < 1.29 is 9.59 Å². The molecule has 3 aliphatic rings. The molecule has 0 saturated heterocycles. The number of ketones is 1. The maximum Gasteiger partial charge on any atom is 0.149 e. The Morgan fingerprint density at radius 2 is 1.54 bits per heavy atom. The Hall–Kier alpha value is -0.660. The zero-order valence-electron chi connectivity index (χ0n) is 16.0. The topological polar surface area (TPSA) is 34.1 Å². The fourth-order valence-electron chi connectivity index (χ4n) is 6.19. The number of Topliss-reactive ketones (excluding diaryl/α,β-unsaturated/α-hetero) is 1. The van der Waals surface area contributed by atoms with E-state index < -0.39 is 5.41 Å². The van der Waals surface area contributed by atoms with Gasteiger partial charge in [0.2, 0.25) is 0 Å². The van der Waals surface area contributed by atoms with Crippen molar-refractivity contribution in [3.8, 4) is 0 Å². The van der Waals surface area contributed by atoms with Gasteiger partial charge in [-0.25, -0.2) is 0 Å². The van der Waals surface area contributed by atoms with Crippen LogP contribution in [0, 0.1) is 34.5 Å². The summed E-state index contributed by atoms with van der Waals surface area (Å²) in [5, 5.41) is 0. The molecule has 0 aromatic heterocycles. The van der Waals surface area contributed by atoms with Crippen LogP contribution in [0.1, 0.15) is 91.4 Å². The van der Waals surface area contributed by atoms with E-state index in [1.807, 2.05) is 0 Å². The van der Waals surface area contributed by atoms with Crippen LogP contribution in [0.4, 0.5) is 0 Å². The highest BCUT2D eigenvalue weighted by molar-refractivity contribution is 6.00. The molecule has 2 heteroatoms. The molecule has 3 rings (SSSR count). The Bertz CT molecular complexity index is 465. The van der Waals surface area contributed by atoms with E-state index in [4.69, 9.17) is 0 Å². The van der Waals surface area contributed by atoms with Gasteiger partial charge >= 0.3 is 0 Å². The van der Waals surface area contributed by atoms with E-state index in [2.05, 4.69) is 20.8 Å². The minimum absolute atomic E-state index is 0.148. The highest BCUT2D eigenvalue weighted by atomic mass is 16.1. The van der Waals surface area contributed by atoms with E-state index in [0.717, 1.165) is 57.1 Å². The molecule has 3 fully saturated rings. The first kappa shape index (κ1) is 18.1. The van der Waals surface area contributed by atoms with Crippen LogP contribution in [0.25, 0.3) is 0 Å². The van der Waals surface area contributed by atoms with Crippen molar-refractivity contribution in [2.24, 2.45) is 34.5 Å². The van der Waals surface area contributed by atoms with Gasteiger partial charge in [0, 0.05) is 5.92 Å². The van der Waals surface area contributed by atoms with Crippen LogP contribution in [-0.2, 0) is 9.59 Å². The smallest absolute Gasteiger partial charge is 0.149 e. The van der Waals surface area contributed by atoms with Gasteiger partial charge in [0.15, 0.2) is 0 Å². The van der Waals surface area contributed by atoms with Crippen LogP contribution >= 0.6 is 0 Å². The van der Waals surface area contributed by atoms with E-state index in [9.17, 15) is 9.59 Å². The summed E-state index contributed by atoms with van der Waals surface area (Å²) < 4.78 is 0. The van der Waals surface area contributed by atoms with Gasteiger partial charge in [-0.05, 0) is 61.7 Å². The number of carbonyl (C=O) groups excluding carboxylic acids is 2. The maximum absolute atomic E-state index is 13.5. The zero-order valence-corrected chi connectivity index (χ0v) is 16.0. The first-order valence-electron chi connectivity index (χ1n) is 10.4. The van der Waals surface area contributed by atoms with Crippen molar-refractivity contribution in [3.05, 3.63) is 0 Å². The van der Waals surface area contributed by atoms with E-state index in [1.165, 1.54) is 25.7 Å². The fraction of sp³-hybridized carbons (Fsp3) is 0.909. The molecule has 0 aliphatic heterocycles. The van der Waals surface area contributed by atoms with Crippen molar-refractivity contribution in [1.82, 2.24) is 0 Å². The van der Waals surface area contributed by atoms with Gasteiger partial charge in [-0.2, -0.15) is 0 Å². The van der Waals surface area contributed by atoms with Crippen LogP contribution in [0.3, 0.4) is 0 Å². The Kier molecular flexibility index (Phi) is 5.23. The van der Waals surface area contributed by atoms with Crippen LogP contribution in [0.5, 0.6) is 0 Å². The quantitative estimate of drug-likeness (QED) is 0.499. The summed E-state index contributed by atoms with van der Waals surface area (Å²) in [5.74, 6) is 2.19. The number of aldehydes is 1. The van der Waals surface area contributed by atoms with E-state index >= 15 is 0 Å². The van der Waals surface area contributed by atoms with Crippen molar-refractivity contribution in [2.45, 2.75) is 91.4 Å². The molecule has 3 unspecified atom stereocenters. The summed E-state index contributed by atoms with van der Waals surface area (Å²) in [4.78, 5) is 25.7. The molecule has 0 amide bonds. The number of hydrogen-bond acceptors (Lipinski definition) is 2. The molecule has 0 N–H and O–H groups in total. The van der Waals surface area contributed by atoms with Crippen LogP contribution < -0.4 is 0 Å². The molecule has 0 radical (unpaired) electrons. The molecule has 3 saturated carbocycles. The van der Waals surface area contributed by atoms with E-state index in [-0.39, 0.29) is 5.92 Å². The average molecular weight is 333 g/mol. The number of rotatable bonds is 3. The lowest BCUT2D eigenvalue weighted by atomic mass is 9.54. The molecule has 3 aliphatic carbocycles. The predicted molar refractivity (Wildman–Crippen MR) is 97.7 cm³/mol. The van der Waals surface area contributed by atoms with E-state index in [1.54, 1.807) is 0 Å². The van der Waals surface area contributed by atoms with Crippen molar-refractivity contribution in [3.63, 3.8) is 0 Å². The molecule has 2 nitrogen and oxygen atoms in total. The number of hydrogen-bond donors (Lipinski definition) is 0. The normalized spacial score (nSPS) is 40.6. The third-order valence-corrected chi connectivity index (χ3v) is 7.73. The molecule has 0 aromatic rings. The number of carbonyl (C=O) groups is 2. The van der Waals surface area contributed by atoms with Gasteiger partial charge in [-0.15, -0.1) is 0 Å². The lowest BCUT2D eigenvalue weighted by molar-refractivity contribution is -0.149. The van der Waals surface area contributed by atoms with Gasteiger partial charge < -0.3 is 4.79 Å². The third-order valence-electron chi connectivity index (χ3n) is 7.73. The molecule has 136 valence electrons. The fourth-order valence-corrected chi connectivity index (χ4v) is 6.19. The zero-order chi connectivity index (χ0) is 17.4. The molecule has 3 atom stereocenters. The summed E-state index contributed by atoms with van der Waals surface area (Å²) in [7, 11) is 0. The minimum Gasteiger partial charge on any atom is -0.302 e. The summed E-state index contributed by atoms with van der Waals surface area (Å²) in [6, 6.07) is 0. The Morgan fingerprint density at radius 1 is 0.917 bits per heavy atom. The van der Waals surface area contributed by atoms with Crippen molar-refractivity contribution in [1.29, 1.82) is 0 Å². The van der Waals surface area contributed by atoms with Gasteiger partial charge in [-0.1, -0.05) is 52.9 Å². The molecule has 0 spiro atoms. The third kappa shape index (κ3) is 3.22. The van der Waals surface area contributed by atoms with Gasteiger partial charge in [0.05, 0.1) is 5.41 Å². The van der Waals surface area contributed by atoms with Crippen LogP contribution in [0.2, 0.25) is 0 Å². The molecule has 24 heavy (non-hydrogen) atoms. The molecule has 0 bridgehead atoms. The minimum atomic E-state index is -0.622. The largest absolute Gasteiger partial charge is 0.302 e. The first-order chi connectivity index (χ1) is 11.4.